The fourth-order valence-electron chi connectivity index (χ4n) is 2.94. The molecule has 110 valence electrons. The minimum absolute atomic E-state index is 0.0884. The van der Waals surface area contributed by atoms with E-state index in [1.807, 2.05) is 61.6 Å². The zero-order valence-electron chi connectivity index (χ0n) is 12.2. The average molecular weight is 292 g/mol. The maximum absolute atomic E-state index is 10.4. The molecule has 4 heteroatoms. The highest BCUT2D eigenvalue weighted by molar-refractivity contribution is 6.10. The summed E-state index contributed by atoms with van der Waals surface area (Å²) in [7, 11) is 1.84. The van der Waals surface area contributed by atoms with Crippen LogP contribution in [0.4, 0.5) is 0 Å². The number of hydrogen-bond acceptors (Lipinski definition) is 3. The summed E-state index contributed by atoms with van der Waals surface area (Å²) >= 11 is 0. The molecule has 1 aromatic heterocycles. The molecule has 1 unspecified atom stereocenters. The van der Waals surface area contributed by atoms with Gasteiger partial charge in [-0.15, -0.1) is 0 Å². The van der Waals surface area contributed by atoms with Crippen molar-refractivity contribution in [1.82, 2.24) is 4.57 Å². The van der Waals surface area contributed by atoms with Crippen LogP contribution in [0.15, 0.2) is 59.6 Å². The number of aromatic hydroxyl groups is 1. The quantitative estimate of drug-likeness (QED) is 0.787. The van der Waals surface area contributed by atoms with E-state index in [0.29, 0.717) is 18.0 Å². The molecule has 2 heterocycles. The number of aliphatic imine (C=N–C) groups is 1. The summed E-state index contributed by atoms with van der Waals surface area (Å²) in [4.78, 5) is 4.51. The Morgan fingerprint density at radius 1 is 1.09 bits per heavy atom. The van der Waals surface area contributed by atoms with Crippen LogP contribution in [-0.4, -0.2) is 22.1 Å². The third-order valence-electron chi connectivity index (χ3n) is 4.12. The van der Waals surface area contributed by atoms with Gasteiger partial charge in [0.15, 0.2) is 0 Å². The smallest absolute Gasteiger partial charge is 0.223 e. The maximum Gasteiger partial charge on any atom is 0.223 e. The summed E-state index contributed by atoms with van der Waals surface area (Å²) in [6.45, 7) is 0.571. The van der Waals surface area contributed by atoms with E-state index in [2.05, 4.69) is 4.99 Å². The Balaban J connectivity index is 1.74. The van der Waals surface area contributed by atoms with Crippen molar-refractivity contribution >= 4 is 16.8 Å². The van der Waals surface area contributed by atoms with E-state index in [4.69, 9.17) is 4.74 Å². The number of rotatable bonds is 2. The number of aromatic nitrogens is 1. The van der Waals surface area contributed by atoms with Crippen LogP contribution in [0.2, 0.25) is 0 Å². The Kier molecular flexibility index (Phi) is 2.89. The van der Waals surface area contributed by atoms with Gasteiger partial charge in [0.05, 0.1) is 12.1 Å². The number of ether oxygens (including phenoxy) is 1. The molecular formula is C18H16N2O2. The van der Waals surface area contributed by atoms with Gasteiger partial charge in [-0.2, -0.15) is 0 Å². The van der Waals surface area contributed by atoms with Crippen molar-refractivity contribution in [2.45, 2.75) is 6.10 Å². The largest absolute Gasteiger partial charge is 0.494 e. The van der Waals surface area contributed by atoms with Crippen molar-refractivity contribution in [2.75, 3.05) is 6.54 Å². The molecule has 1 N–H and O–H groups in total. The second-order valence-electron chi connectivity index (χ2n) is 5.44. The molecule has 22 heavy (non-hydrogen) atoms. The lowest BCUT2D eigenvalue weighted by atomic mass is 10.1. The molecule has 1 aliphatic rings. The topological polar surface area (TPSA) is 46.8 Å². The van der Waals surface area contributed by atoms with Crippen LogP contribution in [-0.2, 0) is 11.8 Å². The van der Waals surface area contributed by atoms with Crippen LogP contribution in [0.5, 0.6) is 5.88 Å². The van der Waals surface area contributed by atoms with Crippen molar-refractivity contribution in [3.05, 3.63) is 65.7 Å². The third-order valence-corrected chi connectivity index (χ3v) is 4.12. The van der Waals surface area contributed by atoms with Gasteiger partial charge in [0, 0.05) is 12.4 Å². The number of aryl methyl sites for hydroxylation is 1. The second-order valence-corrected chi connectivity index (χ2v) is 5.44. The van der Waals surface area contributed by atoms with Crippen molar-refractivity contribution in [2.24, 2.45) is 12.0 Å². The van der Waals surface area contributed by atoms with Gasteiger partial charge in [-0.1, -0.05) is 48.5 Å². The number of nitrogens with zero attached hydrogens (tertiary/aromatic N) is 2. The molecule has 0 bridgehead atoms. The molecule has 0 saturated heterocycles. The molecule has 0 fully saturated rings. The lowest BCUT2D eigenvalue weighted by molar-refractivity contribution is 0.230. The van der Waals surface area contributed by atoms with E-state index in [1.165, 1.54) is 0 Å². The first-order chi connectivity index (χ1) is 10.8. The zero-order valence-corrected chi connectivity index (χ0v) is 12.2. The molecule has 4 nitrogen and oxygen atoms in total. The van der Waals surface area contributed by atoms with Crippen LogP contribution in [0, 0.1) is 0 Å². The van der Waals surface area contributed by atoms with Gasteiger partial charge in [-0.05, 0) is 11.6 Å². The summed E-state index contributed by atoms with van der Waals surface area (Å²) in [6, 6.07) is 17.9. The molecular weight excluding hydrogens is 276 g/mol. The molecule has 1 aliphatic heterocycles. The summed E-state index contributed by atoms with van der Waals surface area (Å²) in [6.07, 6.45) is -0.0884. The molecule has 0 aliphatic carbocycles. The minimum Gasteiger partial charge on any atom is -0.494 e. The fourth-order valence-corrected chi connectivity index (χ4v) is 2.94. The standard InChI is InChI=1S/C18H16N2O2/c1-20-14-10-6-5-9-13(14)16(18(20)21)17-19-11-15(22-17)12-7-3-2-4-8-12/h2-10,15,21H,11H2,1H3. The Hall–Kier alpha value is -2.75. The highest BCUT2D eigenvalue weighted by Gasteiger charge is 2.28. The van der Waals surface area contributed by atoms with Crippen molar-refractivity contribution in [3.8, 4) is 5.88 Å². The third kappa shape index (κ3) is 1.88. The molecule has 0 saturated carbocycles. The van der Waals surface area contributed by atoms with Gasteiger partial charge in [0.25, 0.3) is 0 Å². The van der Waals surface area contributed by atoms with Gasteiger partial charge in [-0.25, -0.2) is 4.99 Å². The number of fused-ring (bicyclic) bond motifs is 1. The summed E-state index contributed by atoms with van der Waals surface area (Å²) in [5, 5.41) is 11.4. The summed E-state index contributed by atoms with van der Waals surface area (Å²) < 4.78 is 7.77. The first-order valence-corrected chi connectivity index (χ1v) is 7.28. The predicted molar refractivity (Wildman–Crippen MR) is 86.3 cm³/mol. The van der Waals surface area contributed by atoms with Crippen LogP contribution in [0.1, 0.15) is 17.2 Å². The van der Waals surface area contributed by atoms with Gasteiger partial charge in [0.2, 0.25) is 11.8 Å². The first-order valence-electron chi connectivity index (χ1n) is 7.28. The van der Waals surface area contributed by atoms with Crippen LogP contribution >= 0.6 is 0 Å². The van der Waals surface area contributed by atoms with Crippen molar-refractivity contribution in [1.29, 1.82) is 0 Å². The highest BCUT2D eigenvalue weighted by Crippen LogP contribution is 2.34. The summed E-state index contributed by atoms with van der Waals surface area (Å²) in [5.41, 5.74) is 2.74. The Morgan fingerprint density at radius 2 is 1.82 bits per heavy atom. The molecule has 4 rings (SSSR count). The molecule has 1 atom stereocenters. The van der Waals surface area contributed by atoms with E-state index in [0.717, 1.165) is 16.5 Å². The molecule has 3 aromatic rings. The SMILES string of the molecule is Cn1c(O)c(C2=NCC(c3ccccc3)O2)c2ccccc21. The minimum atomic E-state index is -0.0884. The van der Waals surface area contributed by atoms with E-state index >= 15 is 0 Å². The van der Waals surface area contributed by atoms with Gasteiger partial charge in [0.1, 0.15) is 11.7 Å². The Morgan fingerprint density at radius 3 is 2.64 bits per heavy atom. The first kappa shape index (κ1) is 13.0. The molecule has 0 spiro atoms. The van der Waals surface area contributed by atoms with Crippen molar-refractivity contribution < 1.29 is 9.84 Å². The highest BCUT2D eigenvalue weighted by atomic mass is 16.5. The van der Waals surface area contributed by atoms with E-state index in [1.54, 1.807) is 4.57 Å². The normalized spacial score (nSPS) is 17.5. The van der Waals surface area contributed by atoms with Gasteiger partial charge in [-0.3, -0.25) is 0 Å². The van der Waals surface area contributed by atoms with Gasteiger partial charge >= 0.3 is 0 Å². The summed E-state index contributed by atoms with van der Waals surface area (Å²) in [5.74, 6) is 0.705. The van der Waals surface area contributed by atoms with E-state index < -0.39 is 0 Å². The van der Waals surface area contributed by atoms with Crippen LogP contribution in [0.3, 0.4) is 0 Å². The van der Waals surface area contributed by atoms with Crippen LogP contribution in [0.25, 0.3) is 10.9 Å². The van der Waals surface area contributed by atoms with E-state index in [-0.39, 0.29) is 12.0 Å². The second kappa shape index (κ2) is 4.91. The number of benzene rings is 2. The molecule has 0 radical (unpaired) electrons. The van der Waals surface area contributed by atoms with Crippen molar-refractivity contribution in [3.63, 3.8) is 0 Å². The fraction of sp³-hybridized carbons (Fsp3) is 0.167. The lowest BCUT2D eigenvalue weighted by Crippen LogP contribution is -2.06. The molecule has 2 aromatic carbocycles. The maximum atomic E-state index is 10.4. The number of hydrogen-bond donors (Lipinski definition) is 1. The average Bonchev–Trinajstić information content (AvgIpc) is 3.13. The van der Waals surface area contributed by atoms with Crippen LogP contribution < -0.4 is 0 Å². The van der Waals surface area contributed by atoms with E-state index in [9.17, 15) is 5.11 Å². The zero-order chi connectivity index (χ0) is 15.1. The predicted octanol–water partition coefficient (Wildman–Crippen LogP) is 3.40. The Labute approximate surface area is 128 Å². The lowest BCUT2D eigenvalue weighted by Gasteiger charge is -2.11. The molecule has 0 amide bonds. The Bertz CT molecular complexity index is 865. The van der Waals surface area contributed by atoms with Gasteiger partial charge < -0.3 is 14.4 Å². The monoisotopic (exact) mass is 292 g/mol. The number of para-hydroxylation sites is 1.